The average molecular weight is 206 g/mol. The summed E-state index contributed by atoms with van der Waals surface area (Å²) in [6.45, 7) is 0. The molecule has 2 atom stereocenters. The number of rotatable bonds is 3. The van der Waals surface area contributed by atoms with E-state index in [9.17, 15) is 13.2 Å². The molecular weight excluding hydrogens is 192 g/mol. The molecule has 0 unspecified atom stereocenters. The number of nitrogens with zero attached hydrogens (tertiary/aromatic N) is 1. The monoisotopic (exact) mass is 206 g/mol. The van der Waals surface area contributed by atoms with Gasteiger partial charge in [0, 0.05) is 13.1 Å². The maximum atomic E-state index is 11.2. The Hall–Kier alpha value is -0.620. The predicted octanol–water partition coefficient (Wildman–Crippen LogP) is -1.54. The van der Waals surface area contributed by atoms with Gasteiger partial charge < -0.3 is 10.2 Å². The van der Waals surface area contributed by atoms with Crippen LogP contribution in [0.5, 0.6) is 0 Å². The Kier molecular flexibility index (Phi) is 2.92. The van der Waals surface area contributed by atoms with E-state index in [1.165, 1.54) is 4.90 Å². The second-order valence-electron chi connectivity index (χ2n) is 3.31. The van der Waals surface area contributed by atoms with Crippen molar-refractivity contribution in [2.45, 2.75) is 12.1 Å². The first-order chi connectivity index (χ1) is 6.00. The Morgan fingerprint density at radius 2 is 2.08 bits per heavy atom. The molecule has 0 aromatic rings. The normalized spacial score (nSPS) is 31.5. The molecule has 1 aliphatic heterocycles. The van der Waals surface area contributed by atoms with Gasteiger partial charge in [-0.2, -0.15) is 0 Å². The van der Waals surface area contributed by atoms with E-state index in [-0.39, 0.29) is 23.6 Å². The number of amides is 1. The molecule has 0 saturated carbocycles. The number of hydrogen-bond donors (Lipinski definition) is 1. The van der Waals surface area contributed by atoms with Crippen molar-refractivity contribution in [3.05, 3.63) is 0 Å². The van der Waals surface area contributed by atoms with Gasteiger partial charge in [-0.15, -0.1) is 0 Å². The SMILES string of the molecule is CN[C@H]1CS(=O)(=O)C[C@@H]1N(C)C=O. The molecule has 0 bridgehead atoms. The van der Waals surface area contributed by atoms with E-state index in [1.54, 1.807) is 14.1 Å². The predicted molar refractivity (Wildman–Crippen MR) is 49.1 cm³/mol. The van der Waals surface area contributed by atoms with Crippen LogP contribution in [-0.2, 0) is 14.6 Å². The summed E-state index contributed by atoms with van der Waals surface area (Å²) in [6.07, 6.45) is 0.663. The van der Waals surface area contributed by atoms with E-state index in [1.807, 2.05) is 0 Å². The summed E-state index contributed by atoms with van der Waals surface area (Å²) in [5.41, 5.74) is 0. The highest BCUT2D eigenvalue weighted by molar-refractivity contribution is 7.91. The van der Waals surface area contributed by atoms with Gasteiger partial charge in [-0.1, -0.05) is 0 Å². The summed E-state index contributed by atoms with van der Waals surface area (Å²) < 4.78 is 22.5. The Bertz CT molecular complexity index is 288. The minimum absolute atomic E-state index is 0.0632. The number of likely N-dealkylation sites (N-methyl/N-ethyl adjacent to an activating group) is 2. The molecule has 0 spiro atoms. The van der Waals surface area contributed by atoms with Crippen molar-refractivity contribution in [2.75, 3.05) is 25.6 Å². The summed E-state index contributed by atoms with van der Waals surface area (Å²) in [7, 11) is 0.331. The van der Waals surface area contributed by atoms with Crippen molar-refractivity contribution in [1.29, 1.82) is 0 Å². The Labute approximate surface area is 78.0 Å². The first-order valence-corrected chi connectivity index (χ1v) is 5.87. The van der Waals surface area contributed by atoms with Crippen LogP contribution in [0, 0.1) is 0 Å². The molecule has 5 nitrogen and oxygen atoms in total. The van der Waals surface area contributed by atoms with Gasteiger partial charge in [-0.3, -0.25) is 4.79 Å². The zero-order chi connectivity index (χ0) is 10.1. The third-order valence-corrected chi connectivity index (χ3v) is 4.10. The van der Waals surface area contributed by atoms with Crippen molar-refractivity contribution >= 4 is 16.2 Å². The molecule has 1 fully saturated rings. The van der Waals surface area contributed by atoms with Gasteiger partial charge in [-0.05, 0) is 7.05 Å². The summed E-state index contributed by atoms with van der Waals surface area (Å²) in [5, 5.41) is 2.91. The van der Waals surface area contributed by atoms with Crippen LogP contribution in [0.4, 0.5) is 0 Å². The maximum absolute atomic E-state index is 11.2. The Balaban J connectivity index is 2.80. The molecule has 0 radical (unpaired) electrons. The van der Waals surface area contributed by atoms with Crippen LogP contribution >= 0.6 is 0 Å². The van der Waals surface area contributed by atoms with Crippen LogP contribution in [0.3, 0.4) is 0 Å². The first kappa shape index (κ1) is 10.5. The van der Waals surface area contributed by atoms with Crippen molar-refractivity contribution in [2.24, 2.45) is 0 Å². The van der Waals surface area contributed by atoms with Crippen molar-refractivity contribution in [3.63, 3.8) is 0 Å². The minimum Gasteiger partial charge on any atom is -0.343 e. The first-order valence-electron chi connectivity index (χ1n) is 4.05. The molecule has 6 heteroatoms. The quantitative estimate of drug-likeness (QED) is 0.568. The number of nitrogens with one attached hydrogen (secondary N) is 1. The van der Waals surface area contributed by atoms with E-state index in [2.05, 4.69) is 5.32 Å². The van der Waals surface area contributed by atoms with E-state index in [0.29, 0.717) is 6.41 Å². The molecule has 1 amide bonds. The van der Waals surface area contributed by atoms with Gasteiger partial charge in [0.05, 0.1) is 17.5 Å². The summed E-state index contributed by atoms with van der Waals surface area (Å²) >= 11 is 0. The van der Waals surface area contributed by atoms with Crippen LogP contribution in [-0.4, -0.2) is 57.4 Å². The molecule has 1 aliphatic rings. The molecule has 0 aromatic heterocycles. The van der Waals surface area contributed by atoms with E-state index in [0.717, 1.165) is 0 Å². The Morgan fingerprint density at radius 3 is 2.54 bits per heavy atom. The third-order valence-electron chi connectivity index (χ3n) is 2.38. The highest BCUT2D eigenvalue weighted by atomic mass is 32.2. The van der Waals surface area contributed by atoms with Crippen LogP contribution in [0.15, 0.2) is 0 Å². The van der Waals surface area contributed by atoms with Gasteiger partial charge in [0.25, 0.3) is 0 Å². The van der Waals surface area contributed by atoms with Crippen LogP contribution in [0.1, 0.15) is 0 Å². The second kappa shape index (κ2) is 3.63. The van der Waals surface area contributed by atoms with Crippen molar-refractivity contribution in [1.82, 2.24) is 10.2 Å². The molecule has 0 aromatic carbocycles. The maximum Gasteiger partial charge on any atom is 0.209 e. The van der Waals surface area contributed by atoms with Crippen molar-refractivity contribution in [3.8, 4) is 0 Å². The molecule has 1 heterocycles. The highest BCUT2D eigenvalue weighted by Crippen LogP contribution is 2.15. The fourth-order valence-corrected chi connectivity index (χ4v) is 3.64. The highest BCUT2D eigenvalue weighted by Gasteiger charge is 2.38. The minimum atomic E-state index is -2.97. The molecule has 13 heavy (non-hydrogen) atoms. The lowest BCUT2D eigenvalue weighted by Crippen LogP contribution is -2.46. The third kappa shape index (κ3) is 2.19. The lowest BCUT2D eigenvalue weighted by molar-refractivity contribution is -0.118. The van der Waals surface area contributed by atoms with Crippen LogP contribution in [0.25, 0.3) is 0 Å². The zero-order valence-corrected chi connectivity index (χ0v) is 8.54. The molecule has 76 valence electrons. The van der Waals surface area contributed by atoms with Crippen molar-refractivity contribution < 1.29 is 13.2 Å². The Morgan fingerprint density at radius 1 is 1.46 bits per heavy atom. The number of sulfone groups is 1. The average Bonchev–Trinajstić information content (AvgIpc) is 2.39. The lowest BCUT2D eigenvalue weighted by Gasteiger charge is -2.24. The van der Waals surface area contributed by atoms with E-state index >= 15 is 0 Å². The smallest absolute Gasteiger partial charge is 0.209 e. The van der Waals surface area contributed by atoms with Crippen LogP contribution in [0.2, 0.25) is 0 Å². The molecule has 0 aliphatic carbocycles. The van der Waals surface area contributed by atoms with Gasteiger partial charge in [0.2, 0.25) is 6.41 Å². The topological polar surface area (TPSA) is 66.5 Å². The fourth-order valence-electron chi connectivity index (χ4n) is 1.58. The number of hydrogen-bond acceptors (Lipinski definition) is 4. The summed E-state index contributed by atoms with van der Waals surface area (Å²) in [6, 6.07) is -0.368. The van der Waals surface area contributed by atoms with Gasteiger partial charge >= 0.3 is 0 Å². The molecule has 1 N–H and O–H groups in total. The van der Waals surface area contributed by atoms with Gasteiger partial charge in [-0.25, -0.2) is 8.42 Å². The van der Waals surface area contributed by atoms with E-state index in [4.69, 9.17) is 0 Å². The van der Waals surface area contributed by atoms with E-state index < -0.39 is 9.84 Å². The van der Waals surface area contributed by atoms with Crippen LogP contribution < -0.4 is 5.32 Å². The number of carbonyl (C=O) groups is 1. The van der Waals surface area contributed by atoms with Gasteiger partial charge in [0.15, 0.2) is 9.84 Å². The summed E-state index contributed by atoms with van der Waals surface area (Å²) in [5.74, 6) is 0.181. The standard InChI is InChI=1S/C7H14N2O3S/c1-8-6-3-13(11,12)4-7(6)9(2)5-10/h5-8H,3-4H2,1-2H3/t6-,7-/m0/s1. The molecule has 1 saturated heterocycles. The fraction of sp³-hybridized carbons (Fsp3) is 0.857. The molecular formula is C7H14N2O3S. The second-order valence-corrected chi connectivity index (χ2v) is 5.46. The lowest BCUT2D eigenvalue weighted by atomic mass is 10.1. The number of carbonyl (C=O) groups excluding carboxylic acids is 1. The summed E-state index contributed by atoms with van der Waals surface area (Å²) in [4.78, 5) is 11.9. The van der Waals surface area contributed by atoms with Gasteiger partial charge in [0.1, 0.15) is 0 Å². The largest absolute Gasteiger partial charge is 0.343 e. The molecule has 1 rings (SSSR count). The zero-order valence-electron chi connectivity index (χ0n) is 7.73.